The smallest absolute Gasteiger partial charge is 0.246 e. The molecule has 0 radical (unpaired) electrons. The van der Waals surface area contributed by atoms with E-state index in [4.69, 9.17) is 16.2 Å². The Balaban J connectivity index is 0.00000456. The minimum atomic E-state index is -0.235. The van der Waals surface area contributed by atoms with Crippen molar-refractivity contribution in [1.82, 2.24) is 4.90 Å². The Morgan fingerprint density at radius 3 is 2.44 bits per heavy atom. The molecule has 0 saturated carbocycles. The summed E-state index contributed by atoms with van der Waals surface area (Å²) in [5, 5.41) is 10.4. The highest BCUT2D eigenvalue weighted by atomic mass is 35.5. The van der Waals surface area contributed by atoms with Gasteiger partial charge in [0, 0.05) is 25.2 Å². The second-order valence-electron chi connectivity index (χ2n) is 9.76. The number of phenolic OH excluding ortho intramolecular Hbond substituents is 1. The molecule has 1 atom stereocenters. The number of nitrogens with two attached hydrogens (primary N) is 2. The molecule has 1 unspecified atom stereocenters. The number of carbonyl (C=O) groups is 1. The number of fused-ring (bicyclic) bond motifs is 1. The van der Waals surface area contributed by atoms with E-state index < -0.39 is 0 Å². The number of amides is 1. The van der Waals surface area contributed by atoms with Crippen LogP contribution >= 0.6 is 12.4 Å². The van der Waals surface area contributed by atoms with Gasteiger partial charge in [-0.25, -0.2) is 4.99 Å². The van der Waals surface area contributed by atoms with Crippen LogP contribution < -0.4 is 16.2 Å². The molecule has 0 saturated heterocycles. The molecule has 5 N–H and O–H groups in total. The average molecular weight is 515 g/mol. The molecule has 0 bridgehead atoms. The van der Waals surface area contributed by atoms with E-state index in [1.165, 1.54) is 0 Å². The van der Waals surface area contributed by atoms with Crippen LogP contribution in [-0.4, -0.2) is 41.1 Å². The molecule has 0 aromatic heterocycles. The lowest BCUT2D eigenvalue weighted by Gasteiger charge is -2.38. The van der Waals surface area contributed by atoms with Crippen LogP contribution in [0, 0.1) is 20.8 Å². The topological polar surface area (TPSA) is 114 Å². The molecule has 36 heavy (non-hydrogen) atoms. The number of hydrogen-bond acceptors (Lipinski definition) is 4. The highest BCUT2D eigenvalue weighted by Gasteiger charge is 2.34. The fraction of sp³-hybridized carbons (Fsp3) is 0.429. The quantitative estimate of drug-likeness (QED) is 0.197. The minimum absolute atomic E-state index is 0. The highest BCUT2D eigenvalue weighted by Crippen LogP contribution is 2.44. The maximum Gasteiger partial charge on any atom is 0.246 e. The van der Waals surface area contributed by atoms with Gasteiger partial charge in [0.2, 0.25) is 5.91 Å². The number of hydrogen-bond donors (Lipinski definition) is 3. The molecule has 0 fully saturated rings. The van der Waals surface area contributed by atoms with E-state index in [1.54, 1.807) is 29.2 Å². The van der Waals surface area contributed by atoms with Crippen LogP contribution in [0.1, 0.15) is 60.4 Å². The number of aromatic hydroxyl groups is 1. The Hall–Kier alpha value is -3.19. The van der Waals surface area contributed by atoms with Crippen molar-refractivity contribution in [3.05, 3.63) is 58.2 Å². The summed E-state index contributed by atoms with van der Waals surface area (Å²) in [4.78, 5) is 18.2. The Labute approximate surface area is 220 Å². The molecular formula is C28H39ClN4O3. The fourth-order valence-corrected chi connectivity index (χ4v) is 4.53. The number of benzene rings is 2. The Morgan fingerprint density at radius 2 is 1.81 bits per heavy atom. The maximum atomic E-state index is 12.5. The third-order valence-corrected chi connectivity index (χ3v) is 6.99. The van der Waals surface area contributed by atoms with Gasteiger partial charge in [0.25, 0.3) is 0 Å². The van der Waals surface area contributed by atoms with Crippen molar-refractivity contribution in [2.75, 3.05) is 13.6 Å². The fourth-order valence-electron chi connectivity index (χ4n) is 4.53. The van der Waals surface area contributed by atoms with Crippen LogP contribution in [0.2, 0.25) is 0 Å². The zero-order chi connectivity index (χ0) is 25.8. The predicted octanol–water partition coefficient (Wildman–Crippen LogP) is 5.07. The molecule has 0 aliphatic carbocycles. The summed E-state index contributed by atoms with van der Waals surface area (Å²) in [6, 6.07) is 7.32. The van der Waals surface area contributed by atoms with Crippen molar-refractivity contribution in [1.29, 1.82) is 0 Å². The van der Waals surface area contributed by atoms with Gasteiger partial charge >= 0.3 is 0 Å². The molecule has 8 heteroatoms. The van der Waals surface area contributed by atoms with Crippen molar-refractivity contribution < 1.29 is 14.6 Å². The van der Waals surface area contributed by atoms with Crippen LogP contribution in [0.3, 0.4) is 0 Å². The van der Waals surface area contributed by atoms with Gasteiger partial charge < -0.3 is 26.2 Å². The first kappa shape index (κ1) is 29.0. The molecular weight excluding hydrogens is 476 g/mol. The van der Waals surface area contributed by atoms with Crippen molar-refractivity contribution >= 4 is 36.0 Å². The second kappa shape index (κ2) is 12.2. The van der Waals surface area contributed by atoms with Gasteiger partial charge in [-0.1, -0.05) is 12.1 Å². The summed E-state index contributed by atoms with van der Waals surface area (Å²) in [6.07, 6.45) is 7.99. The number of likely N-dealkylation sites (N-methyl/N-ethyl adjacent to an activating group) is 1. The molecule has 1 heterocycles. The Morgan fingerprint density at radius 1 is 1.14 bits per heavy atom. The van der Waals surface area contributed by atoms with Gasteiger partial charge in [-0.2, -0.15) is 0 Å². The third-order valence-electron chi connectivity index (χ3n) is 6.99. The SMILES string of the molecule is Cc1c(C)c2c(c(C)c1O)CCC(C)(CCCCN(C)C(=O)/C=C/c1ccc(N=C(N)N)cc1)O2.Cl. The van der Waals surface area contributed by atoms with Crippen LogP contribution in [0.15, 0.2) is 35.3 Å². The summed E-state index contributed by atoms with van der Waals surface area (Å²) in [7, 11) is 1.82. The molecule has 3 rings (SSSR count). The number of unbranched alkanes of at least 4 members (excludes halogenated alkanes) is 1. The van der Waals surface area contributed by atoms with Gasteiger partial charge in [-0.3, -0.25) is 4.79 Å². The monoisotopic (exact) mass is 514 g/mol. The van der Waals surface area contributed by atoms with Crippen LogP contribution in [0.25, 0.3) is 6.08 Å². The normalized spacial score (nSPS) is 16.6. The van der Waals surface area contributed by atoms with Crippen molar-refractivity contribution in [3.63, 3.8) is 0 Å². The van der Waals surface area contributed by atoms with Crippen LogP contribution in [0.4, 0.5) is 5.69 Å². The van der Waals surface area contributed by atoms with Gasteiger partial charge in [0.1, 0.15) is 17.1 Å². The first-order valence-electron chi connectivity index (χ1n) is 12.1. The zero-order valence-electron chi connectivity index (χ0n) is 21.9. The molecule has 1 amide bonds. The minimum Gasteiger partial charge on any atom is -0.507 e. The van der Waals surface area contributed by atoms with E-state index >= 15 is 0 Å². The molecule has 0 spiro atoms. The standard InChI is InChI=1S/C28H38N4O3.ClH/c1-18-19(2)26-23(20(3)25(18)34)14-16-28(4,35-26)15-6-7-17-32(5)24(33)13-10-21-8-11-22(12-9-21)31-27(29)30;/h8-13,34H,6-7,14-17H2,1-5H3,(H4,29,30,31);1H/b13-10+;. The van der Waals surface area contributed by atoms with Gasteiger partial charge in [0.15, 0.2) is 5.96 Å². The van der Waals surface area contributed by atoms with Crippen LogP contribution in [-0.2, 0) is 11.2 Å². The number of phenols is 1. The Bertz CT molecular complexity index is 1140. The number of guanidine groups is 1. The van der Waals surface area contributed by atoms with E-state index in [1.807, 2.05) is 40.0 Å². The predicted molar refractivity (Wildman–Crippen MR) is 149 cm³/mol. The number of rotatable bonds is 8. The van der Waals surface area contributed by atoms with Crippen molar-refractivity contribution in [2.24, 2.45) is 16.5 Å². The van der Waals surface area contributed by atoms with E-state index in [0.717, 1.165) is 65.7 Å². The lowest BCUT2D eigenvalue weighted by Crippen LogP contribution is -2.37. The van der Waals surface area contributed by atoms with Gasteiger partial charge in [-0.15, -0.1) is 12.4 Å². The summed E-state index contributed by atoms with van der Waals surface area (Å²) in [5.74, 6) is 1.31. The zero-order valence-corrected chi connectivity index (χ0v) is 22.7. The first-order valence-corrected chi connectivity index (χ1v) is 12.1. The molecule has 1 aliphatic rings. The van der Waals surface area contributed by atoms with E-state index in [2.05, 4.69) is 11.9 Å². The molecule has 2 aromatic carbocycles. The van der Waals surface area contributed by atoms with E-state index in [0.29, 0.717) is 18.0 Å². The number of carbonyl (C=O) groups excluding carboxylic acids is 1. The second-order valence-corrected chi connectivity index (χ2v) is 9.76. The summed E-state index contributed by atoms with van der Waals surface area (Å²) in [5.41, 5.74) is 16.1. The van der Waals surface area contributed by atoms with E-state index in [-0.39, 0.29) is 29.9 Å². The number of ether oxygens (including phenoxy) is 1. The van der Waals surface area contributed by atoms with E-state index in [9.17, 15) is 9.90 Å². The van der Waals surface area contributed by atoms with Gasteiger partial charge in [-0.05, 0) is 100 Å². The van der Waals surface area contributed by atoms with Crippen molar-refractivity contribution in [3.8, 4) is 11.5 Å². The molecule has 1 aliphatic heterocycles. The lowest BCUT2D eigenvalue weighted by molar-refractivity contribution is -0.124. The third kappa shape index (κ3) is 6.94. The summed E-state index contributed by atoms with van der Waals surface area (Å²) < 4.78 is 6.51. The largest absolute Gasteiger partial charge is 0.507 e. The number of aliphatic imine (C=N–C) groups is 1. The Kier molecular flexibility index (Phi) is 9.82. The van der Waals surface area contributed by atoms with Crippen LogP contribution in [0.5, 0.6) is 11.5 Å². The van der Waals surface area contributed by atoms with Gasteiger partial charge in [0.05, 0.1) is 5.69 Å². The number of halogens is 1. The molecule has 196 valence electrons. The summed E-state index contributed by atoms with van der Waals surface area (Å²) in [6.45, 7) is 8.78. The molecule has 7 nitrogen and oxygen atoms in total. The lowest BCUT2D eigenvalue weighted by atomic mass is 9.84. The van der Waals surface area contributed by atoms with Crippen molar-refractivity contribution in [2.45, 2.75) is 65.4 Å². The maximum absolute atomic E-state index is 12.5. The number of nitrogens with zero attached hydrogens (tertiary/aromatic N) is 2. The average Bonchev–Trinajstić information content (AvgIpc) is 2.83. The first-order chi connectivity index (χ1) is 16.5. The summed E-state index contributed by atoms with van der Waals surface area (Å²) >= 11 is 0. The highest BCUT2D eigenvalue weighted by molar-refractivity contribution is 5.91. The molecule has 2 aromatic rings.